The molecule has 0 aliphatic heterocycles. The first-order chi connectivity index (χ1) is 11.5. The number of hydrogen-bond acceptors (Lipinski definition) is 7. The summed E-state index contributed by atoms with van der Waals surface area (Å²) < 4.78 is 0.818. The van der Waals surface area contributed by atoms with Gasteiger partial charge >= 0.3 is 5.69 Å². The van der Waals surface area contributed by atoms with E-state index in [1.165, 1.54) is 23.6 Å². The fourth-order valence-corrected chi connectivity index (χ4v) is 3.29. The Bertz CT molecular complexity index is 974. The summed E-state index contributed by atoms with van der Waals surface area (Å²) in [4.78, 5) is 14.4. The van der Waals surface area contributed by atoms with Gasteiger partial charge in [0.1, 0.15) is 0 Å². The van der Waals surface area contributed by atoms with Crippen LogP contribution in [-0.2, 0) is 0 Å². The van der Waals surface area contributed by atoms with E-state index in [0.717, 1.165) is 16.3 Å². The highest BCUT2D eigenvalue weighted by Crippen LogP contribution is 2.33. The summed E-state index contributed by atoms with van der Waals surface area (Å²) >= 11 is 13.2. The van der Waals surface area contributed by atoms with Crippen LogP contribution in [0.5, 0.6) is 5.75 Å². The van der Waals surface area contributed by atoms with Crippen molar-refractivity contribution in [3.8, 4) is 5.75 Å². The van der Waals surface area contributed by atoms with E-state index in [9.17, 15) is 15.2 Å². The maximum Gasteiger partial charge on any atom is 0.312 e. The topological polar surface area (TPSA) is 101 Å². The van der Waals surface area contributed by atoms with Gasteiger partial charge in [-0.2, -0.15) is 5.10 Å². The number of phenolic OH excluding ortho intramolecular Hbond substituents is 1. The molecular formula is C14H8Cl2N4O3S. The summed E-state index contributed by atoms with van der Waals surface area (Å²) in [6, 6.07) is 7.80. The second-order valence-electron chi connectivity index (χ2n) is 4.60. The second-order valence-corrected chi connectivity index (χ2v) is 6.44. The number of hydrazone groups is 1. The Kier molecular flexibility index (Phi) is 4.52. The van der Waals surface area contributed by atoms with Crippen LogP contribution in [0.1, 0.15) is 5.56 Å². The summed E-state index contributed by atoms with van der Waals surface area (Å²) in [6.45, 7) is 0. The molecule has 0 aliphatic rings. The fraction of sp³-hybridized carbons (Fsp3) is 0. The zero-order chi connectivity index (χ0) is 17.3. The molecule has 122 valence electrons. The Labute approximate surface area is 149 Å². The van der Waals surface area contributed by atoms with Gasteiger partial charge in [-0.05, 0) is 18.2 Å². The molecule has 3 rings (SSSR count). The van der Waals surface area contributed by atoms with Crippen LogP contribution in [0.2, 0.25) is 10.0 Å². The first-order valence-corrected chi connectivity index (χ1v) is 8.04. The Balaban J connectivity index is 1.86. The number of nitrogens with zero attached hydrogens (tertiary/aromatic N) is 3. The molecule has 1 aromatic heterocycles. The number of thiazole rings is 1. The molecule has 0 fully saturated rings. The minimum Gasteiger partial charge on any atom is -0.502 e. The molecule has 7 nitrogen and oxygen atoms in total. The number of hydrogen-bond donors (Lipinski definition) is 2. The highest BCUT2D eigenvalue weighted by molar-refractivity contribution is 7.22. The van der Waals surface area contributed by atoms with Crippen molar-refractivity contribution in [3.63, 3.8) is 0 Å². The summed E-state index contributed by atoms with van der Waals surface area (Å²) in [5, 5.41) is 25.9. The van der Waals surface area contributed by atoms with E-state index in [2.05, 4.69) is 15.5 Å². The minimum absolute atomic E-state index is 0.112. The van der Waals surface area contributed by atoms with Crippen LogP contribution in [0.4, 0.5) is 10.8 Å². The van der Waals surface area contributed by atoms with Gasteiger partial charge in [-0.25, -0.2) is 4.98 Å². The highest BCUT2D eigenvalue weighted by atomic mass is 35.5. The zero-order valence-electron chi connectivity index (χ0n) is 11.7. The molecule has 0 unspecified atom stereocenters. The van der Waals surface area contributed by atoms with Crippen LogP contribution < -0.4 is 5.43 Å². The van der Waals surface area contributed by atoms with Crippen molar-refractivity contribution in [2.24, 2.45) is 5.10 Å². The fourth-order valence-electron chi connectivity index (χ4n) is 1.96. The van der Waals surface area contributed by atoms with Gasteiger partial charge < -0.3 is 5.11 Å². The maximum absolute atomic E-state index is 10.9. The minimum atomic E-state index is -0.721. The summed E-state index contributed by atoms with van der Waals surface area (Å²) in [5.74, 6) is -0.512. The van der Waals surface area contributed by atoms with Crippen molar-refractivity contribution >= 4 is 61.8 Å². The Morgan fingerprint density at radius 2 is 2.17 bits per heavy atom. The molecule has 0 atom stereocenters. The summed E-state index contributed by atoms with van der Waals surface area (Å²) in [5.41, 5.74) is 3.05. The molecule has 0 saturated carbocycles. The summed E-state index contributed by atoms with van der Waals surface area (Å²) in [6.07, 6.45) is 1.22. The molecule has 10 heteroatoms. The molecular weight excluding hydrogens is 375 g/mol. The number of benzene rings is 2. The highest BCUT2D eigenvalue weighted by Gasteiger charge is 2.17. The molecule has 3 aromatic rings. The average molecular weight is 383 g/mol. The van der Waals surface area contributed by atoms with E-state index in [4.69, 9.17) is 23.2 Å². The van der Waals surface area contributed by atoms with E-state index < -0.39 is 16.4 Å². The maximum atomic E-state index is 10.9. The number of anilines is 1. The van der Waals surface area contributed by atoms with Gasteiger partial charge in [0.05, 0.1) is 26.4 Å². The van der Waals surface area contributed by atoms with Crippen molar-refractivity contribution < 1.29 is 10.0 Å². The Morgan fingerprint density at radius 3 is 2.88 bits per heavy atom. The molecule has 24 heavy (non-hydrogen) atoms. The van der Waals surface area contributed by atoms with E-state index in [1.54, 1.807) is 12.1 Å². The number of nitro benzene ring substituents is 1. The number of nitro groups is 1. The number of halogens is 2. The number of fused-ring (bicyclic) bond motifs is 1. The first-order valence-electron chi connectivity index (χ1n) is 6.46. The lowest BCUT2D eigenvalue weighted by Gasteiger charge is -2.01. The number of aromatic nitrogens is 1. The predicted octanol–water partition coefficient (Wildman–Crippen LogP) is 4.66. The summed E-state index contributed by atoms with van der Waals surface area (Å²) in [7, 11) is 0. The lowest BCUT2D eigenvalue weighted by Crippen LogP contribution is -1.94. The molecule has 2 aromatic carbocycles. The third kappa shape index (κ3) is 3.25. The predicted molar refractivity (Wildman–Crippen MR) is 95.6 cm³/mol. The van der Waals surface area contributed by atoms with Gasteiger partial charge in [-0.15, -0.1) is 0 Å². The van der Waals surface area contributed by atoms with E-state index in [-0.39, 0.29) is 10.6 Å². The number of phenols is 1. The van der Waals surface area contributed by atoms with Crippen molar-refractivity contribution in [1.29, 1.82) is 0 Å². The molecule has 0 bridgehead atoms. The molecule has 2 N–H and O–H groups in total. The molecule has 0 radical (unpaired) electrons. The Hall–Kier alpha value is -2.42. The lowest BCUT2D eigenvalue weighted by atomic mass is 10.2. The SMILES string of the molecule is O=[N+]([O-])c1cc(Cl)cc(/C=N/Nc2nc3cccc(Cl)c3s2)c1O. The molecule has 0 aliphatic carbocycles. The van der Waals surface area contributed by atoms with Crippen molar-refractivity contribution in [2.75, 3.05) is 5.43 Å². The van der Waals surface area contributed by atoms with Gasteiger partial charge in [-0.3, -0.25) is 15.5 Å². The number of nitrogens with one attached hydrogen (secondary N) is 1. The standard InChI is InChI=1S/C14H8Cl2N4O3S/c15-8-4-7(12(21)11(5-8)20(22)23)6-17-19-14-18-10-3-1-2-9(16)13(10)24-14/h1-6,21H,(H,18,19)/b17-6+. The van der Waals surface area contributed by atoms with E-state index in [0.29, 0.717) is 10.2 Å². The quantitative estimate of drug-likeness (QED) is 0.388. The number of rotatable bonds is 4. The third-order valence-electron chi connectivity index (χ3n) is 3.01. The molecule has 0 saturated heterocycles. The normalized spacial score (nSPS) is 11.2. The van der Waals surface area contributed by atoms with Crippen molar-refractivity contribution in [1.82, 2.24) is 4.98 Å². The van der Waals surface area contributed by atoms with Gasteiger partial charge in [0.15, 0.2) is 0 Å². The average Bonchev–Trinajstić information content (AvgIpc) is 2.94. The van der Waals surface area contributed by atoms with Crippen LogP contribution in [-0.4, -0.2) is 21.2 Å². The smallest absolute Gasteiger partial charge is 0.312 e. The monoisotopic (exact) mass is 382 g/mol. The third-order valence-corrected chi connectivity index (χ3v) is 4.67. The van der Waals surface area contributed by atoms with Crippen LogP contribution in [0.15, 0.2) is 35.4 Å². The lowest BCUT2D eigenvalue weighted by molar-refractivity contribution is -0.385. The van der Waals surface area contributed by atoms with Crippen molar-refractivity contribution in [2.45, 2.75) is 0 Å². The van der Waals surface area contributed by atoms with Gasteiger partial charge in [0, 0.05) is 16.7 Å². The van der Waals surface area contributed by atoms with Crippen molar-refractivity contribution in [3.05, 3.63) is 56.1 Å². The molecule has 1 heterocycles. The van der Waals surface area contributed by atoms with Gasteiger partial charge in [-0.1, -0.05) is 40.6 Å². The van der Waals surface area contributed by atoms with E-state index >= 15 is 0 Å². The van der Waals surface area contributed by atoms with Crippen LogP contribution in [0, 0.1) is 10.1 Å². The number of aromatic hydroxyl groups is 1. The largest absolute Gasteiger partial charge is 0.502 e. The Morgan fingerprint density at radius 1 is 1.38 bits per heavy atom. The molecule has 0 amide bonds. The van der Waals surface area contributed by atoms with Gasteiger partial charge in [0.25, 0.3) is 0 Å². The van der Waals surface area contributed by atoms with Gasteiger partial charge in [0.2, 0.25) is 10.9 Å². The first kappa shape index (κ1) is 16.4. The zero-order valence-corrected chi connectivity index (χ0v) is 14.1. The molecule has 0 spiro atoms. The van der Waals surface area contributed by atoms with Crippen LogP contribution in [0.3, 0.4) is 0 Å². The van der Waals surface area contributed by atoms with Crippen LogP contribution in [0.25, 0.3) is 10.2 Å². The van der Waals surface area contributed by atoms with Crippen LogP contribution >= 0.6 is 34.5 Å². The van der Waals surface area contributed by atoms with E-state index in [1.807, 2.05) is 6.07 Å². The second kappa shape index (κ2) is 6.60.